The first-order chi connectivity index (χ1) is 15.4. The summed E-state index contributed by atoms with van der Waals surface area (Å²) < 4.78 is 7.13. The summed E-state index contributed by atoms with van der Waals surface area (Å²) in [5, 5.41) is 14.3. The Bertz CT molecular complexity index is 1060. The van der Waals surface area contributed by atoms with Crippen molar-refractivity contribution < 1.29 is 14.3 Å². The van der Waals surface area contributed by atoms with Crippen LogP contribution in [0.5, 0.6) is 5.75 Å². The Morgan fingerprint density at radius 1 is 1.25 bits per heavy atom. The molecule has 0 spiro atoms. The summed E-state index contributed by atoms with van der Waals surface area (Å²) in [5.74, 6) is 1.45. The molecule has 32 heavy (non-hydrogen) atoms. The van der Waals surface area contributed by atoms with Gasteiger partial charge in [-0.3, -0.25) is 9.59 Å². The van der Waals surface area contributed by atoms with Gasteiger partial charge in [-0.1, -0.05) is 25.6 Å². The summed E-state index contributed by atoms with van der Waals surface area (Å²) in [6, 6.07) is 7.59. The molecule has 2 amide bonds. The maximum absolute atomic E-state index is 12.5. The van der Waals surface area contributed by atoms with Gasteiger partial charge in [0.25, 0.3) is 0 Å². The van der Waals surface area contributed by atoms with Gasteiger partial charge in [0.2, 0.25) is 11.8 Å². The molecule has 170 valence electrons. The molecule has 11 heteroatoms. The third kappa shape index (κ3) is 6.54. The molecule has 2 aromatic heterocycles. The number of nitrogens with one attached hydrogen (secondary N) is 1. The first-order valence-electron chi connectivity index (χ1n) is 10.1. The lowest BCUT2D eigenvalue weighted by Gasteiger charge is -2.12. The molecule has 3 N–H and O–H groups in total. The number of nitrogens with zero attached hydrogens (tertiary/aromatic N) is 4. The van der Waals surface area contributed by atoms with Gasteiger partial charge in [-0.15, -0.1) is 21.5 Å². The van der Waals surface area contributed by atoms with Crippen molar-refractivity contribution in [3.05, 3.63) is 35.5 Å². The Labute approximate surface area is 194 Å². The molecule has 0 bridgehead atoms. The molecule has 0 radical (unpaired) electrons. The van der Waals surface area contributed by atoms with Gasteiger partial charge in [0.05, 0.1) is 18.6 Å². The van der Waals surface area contributed by atoms with E-state index in [4.69, 9.17) is 10.5 Å². The van der Waals surface area contributed by atoms with Crippen LogP contribution in [0.1, 0.15) is 26.1 Å². The molecule has 0 fully saturated rings. The number of anilines is 1. The topological polar surface area (TPSA) is 125 Å². The van der Waals surface area contributed by atoms with Crippen molar-refractivity contribution in [3.8, 4) is 17.0 Å². The monoisotopic (exact) mass is 474 g/mol. The number of primary amides is 1. The predicted octanol–water partition coefficient (Wildman–Crippen LogP) is 3.21. The van der Waals surface area contributed by atoms with Crippen LogP contribution in [0.4, 0.5) is 5.13 Å². The summed E-state index contributed by atoms with van der Waals surface area (Å²) in [7, 11) is 1.62. The van der Waals surface area contributed by atoms with E-state index in [1.807, 2.05) is 34.2 Å². The molecule has 0 aliphatic heterocycles. The number of thioether (sulfide) groups is 1. The second-order valence-electron chi connectivity index (χ2n) is 7.47. The average Bonchev–Trinajstić information content (AvgIpc) is 3.37. The smallest absolute Gasteiger partial charge is 0.236 e. The van der Waals surface area contributed by atoms with Crippen molar-refractivity contribution in [2.24, 2.45) is 11.7 Å². The molecule has 9 nitrogen and oxygen atoms in total. The molecule has 0 atom stereocenters. The maximum Gasteiger partial charge on any atom is 0.236 e. The van der Waals surface area contributed by atoms with E-state index >= 15 is 0 Å². The number of rotatable bonds is 11. The van der Waals surface area contributed by atoms with Gasteiger partial charge in [0.1, 0.15) is 11.6 Å². The number of aryl methyl sites for hydroxylation is 1. The number of carbonyl (C=O) groups excluding carboxylic acids is 2. The SMILES string of the molecule is COc1ccc(-c2csc(NC(=O)CSc3nnc(CCC(N)=O)n3CC(C)C)n2)cc1. The number of nitrogens with two attached hydrogens (primary N) is 1. The number of aromatic nitrogens is 4. The van der Waals surface area contributed by atoms with Crippen molar-refractivity contribution >= 4 is 40.0 Å². The summed E-state index contributed by atoms with van der Waals surface area (Å²) >= 11 is 2.67. The van der Waals surface area contributed by atoms with Crippen LogP contribution >= 0.6 is 23.1 Å². The second kappa shape index (κ2) is 11.1. The van der Waals surface area contributed by atoms with Crippen molar-refractivity contribution in [2.75, 3.05) is 18.2 Å². The summed E-state index contributed by atoms with van der Waals surface area (Å²) in [4.78, 5) is 28.1. The van der Waals surface area contributed by atoms with Crippen LogP contribution in [0.15, 0.2) is 34.8 Å². The first kappa shape index (κ1) is 23.7. The van der Waals surface area contributed by atoms with Gasteiger partial charge in [0.15, 0.2) is 10.3 Å². The quantitative estimate of drug-likeness (QED) is 0.409. The Kier molecular flexibility index (Phi) is 8.23. The van der Waals surface area contributed by atoms with Gasteiger partial charge in [0, 0.05) is 30.3 Å². The maximum atomic E-state index is 12.5. The van der Waals surface area contributed by atoms with Crippen LogP contribution in [0.2, 0.25) is 0 Å². The Morgan fingerprint density at radius 2 is 2.00 bits per heavy atom. The number of methoxy groups -OCH3 is 1. The third-order valence-electron chi connectivity index (χ3n) is 4.40. The number of thiazole rings is 1. The molecule has 3 aromatic rings. The highest BCUT2D eigenvalue weighted by molar-refractivity contribution is 7.99. The van der Waals surface area contributed by atoms with E-state index in [-0.39, 0.29) is 24.0 Å². The van der Waals surface area contributed by atoms with Crippen molar-refractivity contribution in [1.29, 1.82) is 0 Å². The van der Waals surface area contributed by atoms with E-state index in [9.17, 15) is 9.59 Å². The van der Waals surface area contributed by atoms with Crippen LogP contribution in [0, 0.1) is 5.92 Å². The van der Waals surface area contributed by atoms with Gasteiger partial charge in [-0.2, -0.15) is 0 Å². The van der Waals surface area contributed by atoms with Gasteiger partial charge in [-0.05, 0) is 30.2 Å². The lowest BCUT2D eigenvalue weighted by Crippen LogP contribution is -2.16. The van der Waals surface area contributed by atoms with Gasteiger partial charge >= 0.3 is 0 Å². The normalized spacial score (nSPS) is 11.0. The zero-order valence-corrected chi connectivity index (χ0v) is 19.8. The molecular formula is C21H26N6O3S2. The minimum absolute atomic E-state index is 0.170. The lowest BCUT2D eigenvalue weighted by molar-refractivity contribution is -0.118. The molecule has 0 unspecified atom stereocenters. The van der Waals surface area contributed by atoms with Crippen molar-refractivity contribution in [2.45, 2.75) is 38.4 Å². The summed E-state index contributed by atoms with van der Waals surface area (Å²) in [6.45, 7) is 4.87. The molecular weight excluding hydrogens is 448 g/mol. The average molecular weight is 475 g/mol. The molecule has 0 saturated heterocycles. The highest BCUT2D eigenvalue weighted by Crippen LogP contribution is 2.27. The minimum atomic E-state index is -0.380. The van der Waals surface area contributed by atoms with Crippen LogP contribution in [0.3, 0.4) is 0 Å². The second-order valence-corrected chi connectivity index (χ2v) is 9.27. The number of benzene rings is 1. The number of hydrogen-bond donors (Lipinski definition) is 2. The van der Waals surface area contributed by atoms with E-state index in [1.165, 1.54) is 23.1 Å². The fraction of sp³-hybridized carbons (Fsp3) is 0.381. The van der Waals surface area contributed by atoms with Crippen LogP contribution in [0.25, 0.3) is 11.3 Å². The molecule has 1 aromatic carbocycles. The molecule has 0 saturated carbocycles. The van der Waals surface area contributed by atoms with E-state index in [1.54, 1.807) is 7.11 Å². The highest BCUT2D eigenvalue weighted by Gasteiger charge is 2.16. The molecule has 3 rings (SSSR count). The fourth-order valence-corrected chi connectivity index (χ4v) is 4.41. The van der Waals surface area contributed by atoms with Crippen LogP contribution in [-0.2, 0) is 22.6 Å². The largest absolute Gasteiger partial charge is 0.497 e. The number of hydrogen-bond acceptors (Lipinski definition) is 8. The van der Waals surface area contributed by atoms with E-state index in [2.05, 4.69) is 34.3 Å². The predicted molar refractivity (Wildman–Crippen MR) is 126 cm³/mol. The van der Waals surface area contributed by atoms with Gasteiger partial charge < -0.3 is 20.4 Å². The van der Waals surface area contributed by atoms with E-state index in [0.717, 1.165) is 17.0 Å². The summed E-state index contributed by atoms with van der Waals surface area (Å²) in [6.07, 6.45) is 0.636. The molecule has 0 aliphatic carbocycles. The Hall–Kier alpha value is -2.92. The minimum Gasteiger partial charge on any atom is -0.497 e. The molecule has 0 aliphatic rings. The Balaban J connectivity index is 1.60. The van der Waals surface area contributed by atoms with Crippen molar-refractivity contribution in [3.63, 3.8) is 0 Å². The zero-order chi connectivity index (χ0) is 23.1. The van der Waals surface area contributed by atoms with Crippen LogP contribution in [-0.4, -0.2) is 44.4 Å². The van der Waals surface area contributed by atoms with Gasteiger partial charge in [-0.25, -0.2) is 4.98 Å². The van der Waals surface area contributed by atoms with E-state index in [0.29, 0.717) is 35.0 Å². The Morgan fingerprint density at radius 3 is 2.66 bits per heavy atom. The number of amides is 2. The third-order valence-corrected chi connectivity index (χ3v) is 6.13. The van der Waals surface area contributed by atoms with Crippen LogP contribution < -0.4 is 15.8 Å². The first-order valence-corrected chi connectivity index (χ1v) is 11.9. The fourth-order valence-electron chi connectivity index (χ4n) is 2.91. The van der Waals surface area contributed by atoms with E-state index < -0.39 is 0 Å². The lowest BCUT2D eigenvalue weighted by atomic mass is 10.2. The highest BCUT2D eigenvalue weighted by atomic mass is 32.2. The van der Waals surface area contributed by atoms with Crippen molar-refractivity contribution in [1.82, 2.24) is 19.7 Å². The standard InChI is InChI=1S/C21H26N6O3S2/c1-13(2)10-27-18(9-8-17(22)28)25-26-21(27)32-12-19(29)24-20-23-16(11-31-20)14-4-6-15(30-3)7-5-14/h4-7,11,13H,8-10,12H2,1-3H3,(H2,22,28)(H,23,24,29). The number of carbonyl (C=O) groups is 2. The zero-order valence-electron chi connectivity index (χ0n) is 18.2. The summed E-state index contributed by atoms with van der Waals surface area (Å²) in [5.41, 5.74) is 6.99. The molecule has 2 heterocycles. The number of ether oxygens (including phenoxy) is 1.